The molecule has 27 heavy (non-hydrogen) atoms. The van der Waals surface area contributed by atoms with Crippen molar-refractivity contribution in [3.63, 3.8) is 0 Å². The minimum atomic E-state index is -0.126. The van der Waals surface area contributed by atoms with Gasteiger partial charge in [0.05, 0.1) is 5.56 Å². The quantitative estimate of drug-likeness (QED) is 0.853. The standard InChI is InChI=1S/C21H26N4O2/c1-15(2)23-19-18(9-6-12-22-19)20(26)24-17-10-13-25(14-11-17)21(27)16-7-4-3-5-8-16/h3-9,12,15,17H,10-11,13-14H2,1-2H3,(H,22,23)(H,24,26). The normalized spacial score (nSPS) is 14.9. The molecule has 6 nitrogen and oxygen atoms in total. The number of anilines is 1. The summed E-state index contributed by atoms with van der Waals surface area (Å²) in [6.07, 6.45) is 3.17. The highest BCUT2D eigenvalue weighted by Crippen LogP contribution is 2.17. The van der Waals surface area contributed by atoms with Gasteiger partial charge in [-0.2, -0.15) is 0 Å². The summed E-state index contributed by atoms with van der Waals surface area (Å²) in [5.74, 6) is 0.525. The van der Waals surface area contributed by atoms with E-state index in [0.717, 1.165) is 12.8 Å². The average Bonchev–Trinajstić information content (AvgIpc) is 2.68. The van der Waals surface area contributed by atoms with E-state index in [-0.39, 0.29) is 23.9 Å². The molecule has 1 aromatic carbocycles. The number of aromatic nitrogens is 1. The van der Waals surface area contributed by atoms with Crippen molar-refractivity contribution in [2.24, 2.45) is 0 Å². The number of likely N-dealkylation sites (tertiary alicyclic amines) is 1. The molecule has 2 heterocycles. The van der Waals surface area contributed by atoms with Gasteiger partial charge in [0.25, 0.3) is 11.8 Å². The second-order valence-corrected chi connectivity index (χ2v) is 7.10. The first-order valence-corrected chi connectivity index (χ1v) is 9.41. The fourth-order valence-electron chi connectivity index (χ4n) is 3.23. The number of hydrogen-bond acceptors (Lipinski definition) is 4. The third kappa shape index (κ3) is 4.84. The summed E-state index contributed by atoms with van der Waals surface area (Å²) in [4.78, 5) is 31.3. The Morgan fingerprint density at radius 2 is 1.78 bits per heavy atom. The van der Waals surface area contributed by atoms with Gasteiger partial charge in [-0.3, -0.25) is 9.59 Å². The zero-order chi connectivity index (χ0) is 19.2. The van der Waals surface area contributed by atoms with Gasteiger partial charge in [0.1, 0.15) is 5.82 Å². The van der Waals surface area contributed by atoms with Crippen molar-refractivity contribution in [1.82, 2.24) is 15.2 Å². The molecule has 6 heteroatoms. The number of nitrogens with zero attached hydrogens (tertiary/aromatic N) is 2. The molecule has 2 N–H and O–H groups in total. The predicted octanol–water partition coefficient (Wildman–Crippen LogP) is 2.94. The summed E-state index contributed by atoms with van der Waals surface area (Å²) in [5, 5.41) is 6.30. The number of nitrogens with one attached hydrogen (secondary N) is 2. The van der Waals surface area contributed by atoms with Crippen molar-refractivity contribution >= 4 is 17.6 Å². The van der Waals surface area contributed by atoms with Crippen molar-refractivity contribution in [3.8, 4) is 0 Å². The summed E-state index contributed by atoms with van der Waals surface area (Å²) < 4.78 is 0. The smallest absolute Gasteiger partial charge is 0.255 e. The molecule has 0 aliphatic carbocycles. The van der Waals surface area contributed by atoms with Crippen molar-refractivity contribution in [2.75, 3.05) is 18.4 Å². The van der Waals surface area contributed by atoms with Crippen molar-refractivity contribution in [1.29, 1.82) is 0 Å². The number of hydrogen-bond donors (Lipinski definition) is 2. The van der Waals surface area contributed by atoms with E-state index >= 15 is 0 Å². The SMILES string of the molecule is CC(C)Nc1ncccc1C(=O)NC1CCN(C(=O)c2ccccc2)CC1. The summed E-state index contributed by atoms with van der Waals surface area (Å²) in [6, 6.07) is 13.1. The summed E-state index contributed by atoms with van der Waals surface area (Å²) in [5.41, 5.74) is 1.26. The molecule has 0 spiro atoms. The molecule has 1 aliphatic heterocycles. The van der Waals surface area contributed by atoms with Gasteiger partial charge in [-0.25, -0.2) is 4.98 Å². The first-order valence-electron chi connectivity index (χ1n) is 9.41. The molecule has 0 bridgehead atoms. The van der Waals surface area contributed by atoms with Crippen molar-refractivity contribution < 1.29 is 9.59 Å². The largest absolute Gasteiger partial charge is 0.367 e. The van der Waals surface area contributed by atoms with Crippen LogP contribution in [0.2, 0.25) is 0 Å². The highest BCUT2D eigenvalue weighted by molar-refractivity contribution is 5.99. The van der Waals surface area contributed by atoms with Gasteiger partial charge in [-0.1, -0.05) is 18.2 Å². The summed E-state index contributed by atoms with van der Waals surface area (Å²) >= 11 is 0. The third-order valence-electron chi connectivity index (χ3n) is 4.62. The summed E-state index contributed by atoms with van der Waals surface area (Å²) in [6.45, 7) is 5.30. The first kappa shape index (κ1) is 18.9. The molecule has 142 valence electrons. The summed E-state index contributed by atoms with van der Waals surface area (Å²) in [7, 11) is 0. The Hall–Kier alpha value is -2.89. The van der Waals surface area contributed by atoms with Gasteiger partial charge in [-0.05, 0) is 51.0 Å². The van der Waals surface area contributed by atoms with E-state index in [1.807, 2.05) is 49.1 Å². The van der Waals surface area contributed by atoms with Gasteiger partial charge in [-0.15, -0.1) is 0 Å². The second-order valence-electron chi connectivity index (χ2n) is 7.10. The van der Waals surface area contributed by atoms with E-state index in [4.69, 9.17) is 0 Å². The maximum Gasteiger partial charge on any atom is 0.255 e. The zero-order valence-corrected chi connectivity index (χ0v) is 15.8. The number of pyridine rings is 1. The Balaban J connectivity index is 1.57. The van der Waals surface area contributed by atoms with Crippen LogP contribution >= 0.6 is 0 Å². The van der Waals surface area contributed by atoms with E-state index in [1.54, 1.807) is 18.3 Å². The molecule has 2 amide bonds. The van der Waals surface area contributed by atoms with Gasteiger partial charge < -0.3 is 15.5 Å². The topological polar surface area (TPSA) is 74.3 Å². The number of carbonyl (C=O) groups excluding carboxylic acids is 2. The number of amides is 2. The Labute approximate surface area is 160 Å². The maximum absolute atomic E-state index is 12.7. The highest BCUT2D eigenvalue weighted by atomic mass is 16.2. The van der Waals surface area contributed by atoms with Crippen LogP contribution in [-0.2, 0) is 0 Å². The fourth-order valence-corrected chi connectivity index (χ4v) is 3.23. The van der Waals surface area contributed by atoms with Crippen LogP contribution in [-0.4, -0.2) is 46.9 Å². The molecular weight excluding hydrogens is 340 g/mol. The van der Waals surface area contributed by atoms with Gasteiger partial charge in [0.2, 0.25) is 0 Å². The van der Waals surface area contributed by atoms with Crippen LogP contribution in [0.25, 0.3) is 0 Å². The highest BCUT2D eigenvalue weighted by Gasteiger charge is 2.25. The maximum atomic E-state index is 12.7. The van der Waals surface area contributed by atoms with Crippen LogP contribution in [0.5, 0.6) is 0 Å². The molecule has 0 unspecified atom stereocenters. The Morgan fingerprint density at radius 3 is 2.44 bits per heavy atom. The second kappa shape index (κ2) is 8.66. The molecule has 1 fully saturated rings. The van der Waals surface area contributed by atoms with Crippen LogP contribution < -0.4 is 10.6 Å². The monoisotopic (exact) mass is 366 g/mol. The lowest BCUT2D eigenvalue weighted by Gasteiger charge is -2.32. The molecule has 2 aromatic rings. The van der Waals surface area contributed by atoms with E-state index in [0.29, 0.717) is 30.0 Å². The average molecular weight is 366 g/mol. The van der Waals surface area contributed by atoms with E-state index in [1.165, 1.54) is 0 Å². The van der Waals surface area contributed by atoms with Crippen LogP contribution in [0.3, 0.4) is 0 Å². The van der Waals surface area contributed by atoms with E-state index in [9.17, 15) is 9.59 Å². The van der Waals surface area contributed by atoms with Gasteiger partial charge >= 0.3 is 0 Å². The van der Waals surface area contributed by atoms with Crippen LogP contribution in [0.1, 0.15) is 47.4 Å². The number of rotatable bonds is 5. The minimum Gasteiger partial charge on any atom is -0.367 e. The van der Waals surface area contributed by atoms with Crippen LogP contribution in [0.15, 0.2) is 48.7 Å². The number of benzene rings is 1. The third-order valence-corrected chi connectivity index (χ3v) is 4.62. The lowest BCUT2D eigenvalue weighted by Crippen LogP contribution is -2.46. The van der Waals surface area contributed by atoms with E-state index in [2.05, 4.69) is 15.6 Å². The van der Waals surface area contributed by atoms with E-state index < -0.39 is 0 Å². The molecule has 1 aliphatic rings. The van der Waals surface area contributed by atoms with Gasteiger partial charge in [0.15, 0.2) is 0 Å². The number of carbonyl (C=O) groups is 2. The van der Waals surface area contributed by atoms with Crippen LogP contribution in [0, 0.1) is 0 Å². The molecule has 0 radical (unpaired) electrons. The van der Waals surface area contributed by atoms with Gasteiger partial charge in [0, 0.05) is 36.9 Å². The molecular formula is C21H26N4O2. The Bertz CT molecular complexity index is 784. The lowest BCUT2D eigenvalue weighted by atomic mass is 10.0. The molecule has 1 saturated heterocycles. The lowest BCUT2D eigenvalue weighted by molar-refractivity contribution is 0.0698. The fraction of sp³-hybridized carbons (Fsp3) is 0.381. The zero-order valence-electron chi connectivity index (χ0n) is 15.8. The minimum absolute atomic E-state index is 0.0519. The molecule has 0 atom stereocenters. The van der Waals surface area contributed by atoms with Crippen molar-refractivity contribution in [2.45, 2.75) is 38.8 Å². The molecule has 0 saturated carbocycles. The predicted molar refractivity (Wildman–Crippen MR) is 106 cm³/mol. The van der Waals surface area contributed by atoms with Crippen molar-refractivity contribution in [3.05, 3.63) is 59.8 Å². The van der Waals surface area contributed by atoms with Crippen LogP contribution in [0.4, 0.5) is 5.82 Å². The Kier molecular flexibility index (Phi) is 6.06. The number of piperidine rings is 1. The first-order chi connectivity index (χ1) is 13.0. The molecule has 1 aromatic heterocycles. The molecule has 3 rings (SSSR count). The Morgan fingerprint density at radius 1 is 1.07 bits per heavy atom.